The second kappa shape index (κ2) is 9.04. The van der Waals surface area contributed by atoms with Crippen molar-refractivity contribution in [3.8, 4) is 23.0 Å². The number of alkyl halides is 3. The first-order chi connectivity index (χ1) is 16.4. The van der Waals surface area contributed by atoms with Crippen LogP contribution in [0, 0.1) is 0 Å². The Morgan fingerprint density at radius 3 is 1.82 bits per heavy atom. The molecule has 0 N–H and O–H groups in total. The maximum Gasteiger partial charge on any atom is 0.586 e. The standard InChI is InChI=1S/C26H18F2IO4P/c27-26(28)32-24-21(17-29)23(16-22(25(24)33-26)31-18-10-4-1-5-11-18)34(30,19-12-6-2-7-13-19)20-14-8-3-9-15-20/h1-16H,17H2. The van der Waals surface area contributed by atoms with Gasteiger partial charge in [0.1, 0.15) is 5.75 Å². The minimum Gasteiger partial charge on any atom is -0.453 e. The Morgan fingerprint density at radius 1 is 0.794 bits per heavy atom. The van der Waals surface area contributed by atoms with Crippen LogP contribution in [0.15, 0.2) is 97.1 Å². The van der Waals surface area contributed by atoms with Crippen LogP contribution >= 0.6 is 29.7 Å². The van der Waals surface area contributed by atoms with Crippen molar-refractivity contribution < 1.29 is 27.6 Å². The van der Waals surface area contributed by atoms with E-state index in [0.29, 0.717) is 27.2 Å². The molecular weight excluding hydrogens is 572 g/mol. The van der Waals surface area contributed by atoms with Crippen LogP contribution in [-0.4, -0.2) is 6.29 Å². The number of ether oxygens (including phenoxy) is 3. The van der Waals surface area contributed by atoms with Crippen molar-refractivity contribution in [3.63, 3.8) is 0 Å². The summed E-state index contributed by atoms with van der Waals surface area (Å²) in [5.41, 5.74) is 0.379. The molecule has 4 aromatic carbocycles. The van der Waals surface area contributed by atoms with E-state index in [1.807, 2.05) is 18.2 Å². The zero-order valence-corrected chi connectivity index (χ0v) is 20.7. The molecule has 34 heavy (non-hydrogen) atoms. The summed E-state index contributed by atoms with van der Waals surface area (Å²) in [4.78, 5) is 0. The van der Waals surface area contributed by atoms with Gasteiger partial charge in [-0.1, -0.05) is 101 Å². The van der Waals surface area contributed by atoms with Crippen molar-refractivity contribution in [2.24, 2.45) is 0 Å². The minimum absolute atomic E-state index is 0.00839. The Bertz CT molecular complexity index is 1320. The third-order valence-electron chi connectivity index (χ3n) is 5.41. The summed E-state index contributed by atoms with van der Waals surface area (Å²) in [5, 5.41) is 1.51. The first-order valence-electron chi connectivity index (χ1n) is 10.4. The fraction of sp³-hybridized carbons (Fsp3) is 0.0769. The van der Waals surface area contributed by atoms with Gasteiger partial charge in [-0.05, 0) is 18.2 Å². The fourth-order valence-electron chi connectivity index (χ4n) is 3.91. The zero-order chi connectivity index (χ0) is 23.8. The lowest BCUT2D eigenvalue weighted by Gasteiger charge is -2.24. The highest BCUT2D eigenvalue weighted by Crippen LogP contribution is 2.54. The van der Waals surface area contributed by atoms with Gasteiger partial charge in [0.05, 0.1) is 0 Å². The number of hydrogen-bond donors (Lipinski definition) is 0. The highest BCUT2D eigenvalue weighted by molar-refractivity contribution is 14.1. The molecule has 1 heterocycles. The SMILES string of the molecule is O=P(c1ccccc1)(c1ccccc1)c1cc(Oc2ccccc2)c2c(c1CI)OC(F)(F)O2. The molecule has 0 aliphatic carbocycles. The molecule has 1 aliphatic heterocycles. The van der Waals surface area contributed by atoms with Crippen LogP contribution in [0.4, 0.5) is 8.78 Å². The van der Waals surface area contributed by atoms with Gasteiger partial charge < -0.3 is 18.8 Å². The molecule has 172 valence electrons. The third-order valence-corrected chi connectivity index (χ3v) is 9.30. The average molecular weight is 590 g/mol. The van der Waals surface area contributed by atoms with Gasteiger partial charge in [-0.2, -0.15) is 0 Å². The van der Waals surface area contributed by atoms with E-state index in [2.05, 4.69) is 22.6 Å². The van der Waals surface area contributed by atoms with Crippen LogP contribution in [-0.2, 0) is 8.99 Å². The first kappa shape index (κ1) is 22.9. The lowest BCUT2D eigenvalue weighted by atomic mass is 10.2. The lowest BCUT2D eigenvalue weighted by Crippen LogP contribution is -2.28. The summed E-state index contributed by atoms with van der Waals surface area (Å²) in [5.74, 6) is 0.0619. The summed E-state index contributed by atoms with van der Waals surface area (Å²) in [6.45, 7) is 0. The molecule has 1 aliphatic rings. The number of rotatable bonds is 6. The van der Waals surface area contributed by atoms with E-state index in [4.69, 9.17) is 14.2 Å². The molecule has 0 radical (unpaired) electrons. The van der Waals surface area contributed by atoms with E-state index in [-0.39, 0.29) is 21.7 Å². The largest absolute Gasteiger partial charge is 0.586 e. The molecule has 4 aromatic rings. The number of halogens is 3. The van der Waals surface area contributed by atoms with Crippen molar-refractivity contribution in [2.75, 3.05) is 0 Å². The molecule has 8 heteroatoms. The van der Waals surface area contributed by atoms with Crippen LogP contribution in [0.2, 0.25) is 0 Å². The van der Waals surface area contributed by atoms with Crippen LogP contribution in [0.1, 0.15) is 5.56 Å². The van der Waals surface area contributed by atoms with Gasteiger partial charge in [-0.25, -0.2) is 0 Å². The first-order valence-corrected chi connectivity index (χ1v) is 13.6. The van der Waals surface area contributed by atoms with Crippen LogP contribution in [0.25, 0.3) is 0 Å². The van der Waals surface area contributed by atoms with Gasteiger partial charge in [0, 0.05) is 25.9 Å². The van der Waals surface area contributed by atoms with E-state index in [0.717, 1.165) is 0 Å². The zero-order valence-electron chi connectivity index (χ0n) is 17.7. The Labute approximate surface area is 209 Å². The molecular formula is C26H18F2IO4P. The van der Waals surface area contributed by atoms with E-state index in [1.165, 1.54) is 0 Å². The Balaban J connectivity index is 1.81. The second-order valence-electron chi connectivity index (χ2n) is 7.53. The maximum absolute atomic E-state index is 15.0. The topological polar surface area (TPSA) is 44.8 Å². The minimum atomic E-state index is -3.86. The summed E-state index contributed by atoms with van der Waals surface area (Å²) in [7, 11) is -3.50. The summed E-state index contributed by atoms with van der Waals surface area (Å²) < 4.78 is 59.6. The molecule has 0 amide bonds. The smallest absolute Gasteiger partial charge is 0.453 e. The van der Waals surface area contributed by atoms with Gasteiger partial charge in [0.15, 0.2) is 18.6 Å². The normalized spacial score (nSPS) is 14.1. The molecule has 0 aromatic heterocycles. The Morgan fingerprint density at radius 2 is 1.29 bits per heavy atom. The maximum atomic E-state index is 15.0. The highest BCUT2D eigenvalue weighted by Gasteiger charge is 2.48. The summed E-state index contributed by atoms with van der Waals surface area (Å²) in [6.07, 6.45) is -3.86. The monoisotopic (exact) mass is 590 g/mol. The molecule has 0 fully saturated rings. The summed E-state index contributed by atoms with van der Waals surface area (Å²) >= 11 is 2.06. The quantitative estimate of drug-likeness (QED) is 0.149. The van der Waals surface area contributed by atoms with Crippen molar-refractivity contribution in [3.05, 3.63) is 103 Å². The van der Waals surface area contributed by atoms with Crippen molar-refractivity contribution >= 4 is 45.6 Å². The van der Waals surface area contributed by atoms with Gasteiger partial charge in [-0.3, -0.25) is 0 Å². The molecule has 4 nitrogen and oxygen atoms in total. The number of benzene rings is 4. The van der Waals surface area contributed by atoms with Crippen LogP contribution in [0.3, 0.4) is 0 Å². The predicted molar refractivity (Wildman–Crippen MR) is 136 cm³/mol. The molecule has 0 saturated carbocycles. The van der Waals surface area contributed by atoms with Crippen molar-refractivity contribution in [1.82, 2.24) is 0 Å². The van der Waals surface area contributed by atoms with Gasteiger partial charge in [0.25, 0.3) is 0 Å². The highest BCUT2D eigenvalue weighted by atomic mass is 127. The molecule has 0 atom stereocenters. The molecule has 5 rings (SSSR count). The molecule has 0 spiro atoms. The third kappa shape index (κ3) is 4.07. The molecule has 0 unspecified atom stereocenters. The lowest BCUT2D eigenvalue weighted by molar-refractivity contribution is -0.287. The van der Waals surface area contributed by atoms with Crippen LogP contribution < -0.4 is 30.1 Å². The predicted octanol–water partition coefficient (Wildman–Crippen LogP) is 6.37. The second-order valence-corrected chi connectivity index (χ2v) is 11.0. The van der Waals surface area contributed by atoms with Crippen LogP contribution in [0.5, 0.6) is 23.0 Å². The van der Waals surface area contributed by atoms with Gasteiger partial charge >= 0.3 is 6.29 Å². The van der Waals surface area contributed by atoms with E-state index in [9.17, 15) is 8.78 Å². The van der Waals surface area contributed by atoms with Crippen molar-refractivity contribution in [2.45, 2.75) is 10.7 Å². The number of fused-ring (bicyclic) bond motifs is 1. The Hall–Kier alpha value is -2.90. The summed E-state index contributed by atoms with van der Waals surface area (Å²) in [6, 6.07) is 28.3. The molecule has 0 bridgehead atoms. The van der Waals surface area contributed by atoms with Gasteiger partial charge in [0.2, 0.25) is 5.75 Å². The van der Waals surface area contributed by atoms with Gasteiger partial charge in [-0.15, -0.1) is 8.78 Å². The average Bonchev–Trinajstić information content (AvgIpc) is 3.20. The molecule has 0 saturated heterocycles. The van der Waals surface area contributed by atoms with E-state index in [1.54, 1.807) is 78.9 Å². The van der Waals surface area contributed by atoms with E-state index < -0.39 is 13.4 Å². The fourth-order valence-corrected chi connectivity index (χ4v) is 7.87. The number of para-hydroxylation sites is 1. The van der Waals surface area contributed by atoms with Crippen molar-refractivity contribution in [1.29, 1.82) is 0 Å². The number of hydrogen-bond acceptors (Lipinski definition) is 4. The Kier molecular flexibility index (Phi) is 6.08. The van der Waals surface area contributed by atoms with E-state index >= 15 is 4.57 Å².